The summed E-state index contributed by atoms with van der Waals surface area (Å²) in [4.78, 5) is 27.3. The van der Waals surface area contributed by atoms with E-state index >= 15 is 0 Å². The fourth-order valence-corrected chi connectivity index (χ4v) is 2.43. The van der Waals surface area contributed by atoms with Gasteiger partial charge in [-0.25, -0.2) is 0 Å². The van der Waals surface area contributed by atoms with Crippen LogP contribution in [0, 0.1) is 0 Å². The van der Waals surface area contributed by atoms with Crippen molar-refractivity contribution in [3.05, 3.63) is 59.9 Å². The van der Waals surface area contributed by atoms with E-state index in [1.54, 1.807) is 36.7 Å². The molecule has 6 nitrogen and oxygen atoms in total. The average Bonchev–Trinajstić information content (AvgIpc) is 2.61. The molecular formula is C19H22N2O4. The van der Waals surface area contributed by atoms with Crippen molar-refractivity contribution in [2.24, 2.45) is 0 Å². The minimum absolute atomic E-state index is 0.0865. The van der Waals surface area contributed by atoms with E-state index in [0.717, 1.165) is 12.0 Å². The third-order valence-electron chi connectivity index (χ3n) is 3.62. The highest BCUT2D eigenvalue weighted by atomic mass is 16.5. The van der Waals surface area contributed by atoms with Gasteiger partial charge in [-0.2, -0.15) is 0 Å². The Morgan fingerprint density at radius 1 is 1.28 bits per heavy atom. The number of nitrogens with one attached hydrogen (secondary N) is 1. The molecule has 1 aromatic heterocycles. The Bertz CT molecular complexity index is 704. The smallest absolute Gasteiger partial charge is 0.305 e. The molecular weight excluding hydrogens is 320 g/mol. The maximum atomic E-state index is 12.4. The number of carboxylic acid groups (broad SMARTS) is 1. The summed E-state index contributed by atoms with van der Waals surface area (Å²) in [6, 6.07) is 10.2. The standard InChI is InChI=1S/C19H22N2O4/c1-2-5-16(11-18(22)23)21-19(24)15-7-3-8-17(10-15)25-13-14-6-4-9-20-12-14/h3-4,6-10,12,16H,2,5,11,13H2,1H3,(H,21,24)(H,22,23). The Balaban J connectivity index is 1.98. The lowest BCUT2D eigenvalue weighted by molar-refractivity contribution is -0.137. The fraction of sp³-hybridized carbons (Fsp3) is 0.316. The van der Waals surface area contributed by atoms with Gasteiger partial charge in [-0.15, -0.1) is 0 Å². The van der Waals surface area contributed by atoms with Crippen LogP contribution < -0.4 is 10.1 Å². The van der Waals surface area contributed by atoms with Crippen LogP contribution in [0.2, 0.25) is 0 Å². The molecule has 0 aliphatic carbocycles. The molecule has 0 bridgehead atoms. The Kier molecular flexibility index (Phi) is 6.95. The number of carboxylic acids is 1. The first-order valence-corrected chi connectivity index (χ1v) is 8.23. The molecule has 0 fully saturated rings. The normalized spacial score (nSPS) is 11.6. The van der Waals surface area contributed by atoms with Crippen LogP contribution in [0.4, 0.5) is 0 Å². The minimum atomic E-state index is -0.924. The number of aliphatic carboxylic acids is 1. The maximum absolute atomic E-state index is 12.4. The van der Waals surface area contributed by atoms with Crippen LogP contribution in [-0.2, 0) is 11.4 Å². The molecule has 132 valence electrons. The summed E-state index contributed by atoms with van der Waals surface area (Å²) in [5, 5.41) is 11.7. The average molecular weight is 342 g/mol. The highest BCUT2D eigenvalue weighted by molar-refractivity contribution is 5.95. The largest absolute Gasteiger partial charge is 0.489 e. The second kappa shape index (κ2) is 9.42. The lowest BCUT2D eigenvalue weighted by Gasteiger charge is -2.16. The summed E-state index contributed by atoms with van der Waals surface area (Å²) in [6.07, 6.45) is 4.74. The molecule has 0 radical (unpaired) electrons. The number of benzene rings is 1. The highest BCUT2D eigenvalue weighted by Gasteiger charge is 2.16. The molecule has 1 amide bonds. The van der Waals surface area contributed by atoms with E-state index in [0.29, 0.717) is 24.3 Å². The second-order valence-corrected chi connectivity index (χ2v) is 5.73. The summed E-state index contributed by atoms with van der Waals surface area (Å²) in [6.45, 7) is 2.31. The van der Waals surface area contributed by atoms with Crippen molar-refractivity contribution in [2.75, 3.05) is 0 Å². The highest BCUT2D eigenvalue weighted by Crippen LogP contribution is 2.15. The summed E-state index contributed by atoms with van der Waals surface area (Å²) in [7, 11) is 0. The lowest BCUT2D eigenvalue weighted by Crippen LogP contribution is -2.36. The number of hydrogen-bond donors (Lipinski definition) is 2. The number of carbonyl (C=O) groups excluding carboxylic acids is 1. The number of aromatic nitrogens is 1. The van der Waals surface area contributed by atoms with Gasteiger partial charge >= 0.3 is 5.97 Å². The predicted octanol–water partition coefficient (Wildman–Crippen LogP) is 3.03. The van der Waals surface area contributed by atoms with Gasteiger partial charge in [-0.3, -0.25) is 14.6 Å². The summed E-state index contributed by atoms with van der Waals surface area (Å²) >= 11 is 0. The van der Waals surface area contributed by atoms with E-state index in [-0.39, 0.29) is 18.4 Å². The number of carbonyl (C=O) groups is 2. The van der Waals surface area contributed by atoms with Crippen molar-refractivity contribution in [2.45, 2.75) is 38.8 Å². The van der Waals surface area contributed by atoms with Crippen LogP contribution in [0.5, 0.6) is 5.75 Å². The van der Waals surface area contributed by atoms with Crippen molar-refractivity contribution in [1.82, 2.24) is 10.3 Å². The van der Waals surface area contributed by atoms with Crippen molar-refractivity contribution < 1.29 is 19.4 Å². The summed E-state index contributed by atoms with van der Waals surface area (Å²) < 4.78 is 5.69. The molecule has 1 atom stereocenters. The van der Waals surface area contributed by atoms with E-state index in [9.17, 15) is 9.59 Å². The zero-order valence-corrected chi connectivity index (χ0v) is 14.1. The number of rotatable bonds is 9. The Morgan fingerprint density at radius 3 is 2.80 bits per heavy atom. The SMILES string of the molecule is CCCC(CC(=O)O)NC(=O)c1cccc(OCc2cccnc2)c1. The minimum Gasteiger partial charge on any atom is -0.489 e. The van der Waals surface area contributed by atoms with Gasteiger partial charge in [0.2, 0.25) is 0 Å². The Labute approximate surface area is 146 Å². The van der Waals surface area contributed by atoms with Crippen LogP contribution in [0.3, 0.4) is 0 Å². The van der Waals surface area contributed by atoms with Gasteiger partial charge in [-0.05, 0) is 30.7 Å². The van der Waals surface area contributed by atoms with Gasteiger partial charge in [0.1, 0.15) is 12.4 Å². The number of ether oxygens (including phenoxy) is 1. The van der Waals surface area contributed by atoms with Crippen molar-refractivity contribution in [3.63, 3.8) is 0 Å². The molecule has 0 aliphatic heterocycles. The van der Waals surface area contributed by atoms with Crippen LogP contribution in [0.25, 0.3) is 0 Å². The van der Waals surface area contributed by atoms with Crippen molar-refractivity contribution >= 4 is 11.9 Å². The van der Waals surface area contributed by atoms with E-state index < -0.39 is 5.97 Å². The van der Waals surface area contributed by atoms with Crippen molar-refractivity contribution in [1.29, 1.82) is 0 Å². The van der Waals surface area contributed by atoms with Crippen LogP contribution in [0.1, 0.15) is 42.1 Å². The summed E-state index contributed by atoms with van der Waals surface area (Å²) in [5.41, 5.74) is 1.37. The van der Waals surface area contributed by atoms with Gasteiger partial charge in [0.15, 0.2) is 0 Å². The van der Waals surface area contributed by atoms with Gasteiger partial charge in [0.25, 0.3) is 5.91 Å². The van der Waals surface area contributed by atoms with Gasteiger partial charge in [0, 0.05) is 29.6 Å². The molecule has 6 heteroatoms. The van der Waals surface area contributed by atoms with Crippen molar-refractivity contribution in [3.8, 4) is 5.75 Å². The molecule has 1 unspecified atom stereocenters. The van der Waals surface area contributed by atoms with Gasteiger partial charge < -0.3 is 15.2 Å². The molecule has 2 aromatic rings. The molecule has 0 saturated carbocycles. The third-order valence-corrected chi connectivity index (χ3v) is 3.62. The lowest BCUT2D eigenvalue weighted by atomic mass is 10.1. The third kappa shape index (κ3) is 6.25. The molecule has 1 aromatic carbocycles. The molecule has 1 heterocycles. The van der Waals surface area contributed by atoms with Crippen LogP contribution >= 0.6 is 0 Å². The van der Waals surface area contributed by atoms with Crippen LogP contribution in [-0.4, -0.2) is 28.0 Å². The van der Waals surface area contributed by atoms with E-state index in [4.69, 9.17) is 9.84 Å². The Hall–Kier alpha value is -2.89. The quantitative estimate of drug-likeness (QED) is 0.731. The molecule has 25 heavy (non-hydrogen) atoms. The first-order valence-electron chi connectivity index (χ1n) is 8.23. The molecule has 0 spiro atoms. The van der Waals surface area contributed by atoms with E-state index in [1.807, 2.05) is 19.1 Å². The van der Waals surface area contributed by atoms with E-state index in [2.05, 4.69) is 10.3 Å². The number of nitrogens with zero attached hydrogens (tertiary/aromatic N) is 1. The first kappa shape index (κ1) is 18.4. The first-order chi connectivity index (χ1) is 12.1. The van der Waals surface area contributed by atoms with Gasteiger partial charge in [0.05, 0.1) is 6.42 Å². The molecule has 0 aliphatic rings. The molecule has 2 N–H and O–H groups in total. The number of hydrogen-bond acceptors (Lipinski definition) is 4. The predicted molar refractivity (Wildman–Crippen MR) is 93.4 cm³/mol. The number of pyridine rings is 1. The van der Waals surface area contributed by atoms with Crippen LogP contribution in [0.15, 0.2) is 48.8 Å². The zero-order chi connectivity index (χ0) is 18.1. The summed E-state index contributed by atoms with van der Waals surface area (Å²) in [5.74, 6) is -0.652. The molecule has 2 rings (SSSR count). The zero-order valence-electron chi connectivity index (χ0n) is 14.1. The van der Waals surface area contributed by atoms with Gasteiger partial charge in [-0.1, -0.05) is 25.5 Å². The van der Waals surface area contributed by atoms with E-state index in [1.165, 1.54) is 0 Å². The molecule has 0 saturated heterocycles. The Morgan fingerprint density at radius 2 is 2.12 bits per heavy atom. The topological polar surface area (TPSA) is 88.5 Å². The maximum Gasteiger partial charge on any atom is 0.305 e. The fourth-order valence-electron chi connectivity index (χ4n) is 2.43. The monoisotopic (exact) mass is 342 g/mol. The number of amides is 1. The second-order valence-electron chi connectivity index (χ2n) is 5.73.